The third-order valence-electron chi connectivity index (χ3n) is 3.48. The van der Waals surface area contributed by atoms with Gasteiger partial charge in [-0.2, -0.15) is 0 Å². The highest BCUT2D eigenvalue weighted by Crippen LogP contribution is 2.15. The number of rotatable bonds is 8. The topological polar surface area (TPSA) is 72.5 Å². The van der Waals surface area contributed by atoms with Crippen molar-refractivity contribution in [3.05, 3.63) is 64.7 Å². The number of benzene rings is 2. The second kappa shape index (κ2) is 8.99. The largest absolute Gasteiger partial charge is 0.377 e. The van der Waals surface area contributed by atoms with Crippen LogP contribution in [0.2, 0.25) is 5.02 Å². The Morgan fingerprint density at radius 2 is 1.64 bits per heavy atom. The van der Waals surface area contributed by atoms with Crippen LogP contribution < -0.4 is 5.32 Å². The van der Waals surface area contributed by atoms with Crippen molar-refractivity contribution in [3.8, 4) is 0 Å². The van der Waals surface area contributed by atoms with Gasteiger partial charge in [0.2, 0.25) is 5.91 Å². The van der Waals surface area contributed by atoms with Gasteiger partial charge in [-0.15, -0.1) is 0 Å². The van der Waals surface area contributed by atoms with E-state index in [1.165, 1.54) is 24.3 Å². The van der Waals surface area contributed by atoms with Crippen molar-refractivity contribution in [2.24, 2.45) is 0 Å². The molecule has 2 aromatic rings. The average molecular weight is 382 g/mol. The lowest BCUT2D eigenvalue weighted by Gasteiger charge is -2.08. The molecule has 0 heterocycles. The van der Waals surface area contributed by atoms with E-state index in [4.69, 9.17) is 16.3 Å². The maximum Gasteiger partial charge on any atom is 0.235 e. The van der Waals surface area contributed by atoms with Crippen molar-refractivity contribution in [2.75, 3.05) is 12.4 Å². The second-order valence-electron chi connectivity index (χ2n) is 5.44. The van der Waals surface area contributed by atoms with Crippen molar-refractivity contribution in [1.29, 1.82) is 0 Å². The molecule has 5 nitrogen and oxygen atoms in total. The van der Waals surface area contributed by atoms with Crippen LogP contribution in [-0.2, 0) is 32.5 Å². The van der Waals surface area contributed by atoms with Gasteiger partial charge in [0.1, 0.15) is 5.75 Å². The second-order valence-corrected chi connectivity index (χ2v) is 7.87. The first-order chi connectivity index (χ1) is 11.9. The molecule has 0 aromatic heterocycles. The molecule has 7 heteroatoms. The van der Waals surface area contributed by atoms with Gasteiger partial charge < -0.3 is 10.1 Å². The third kappa shape index (κ3) is 6.16. The molecule has 0 bridgehead atoms. The summed E-state index contributed by atoms with van der Waals surface area (Å²) in [6, 6.07) is 13.3. The van der Waals surface area contributed by atoms with Crippen molar-refractivity contribution in [2.45, 2.75) is 25.0 Å². The summed E-state index contributed by atoms with van der Waals surface area (Å²) in [5.41, 5.74) is 1.93. The van der Waals surface area contributed by atoms with Gasteiger partial charge in [0, 0.05) is 18.2 Å². The Balaban J connectivity index is 1.88. The van der Waals surface area contributed by atoms with Crippen molar-refractivity contribution in [3.63, 3.8) is 0 Å². The third-order valence-corrected chi connectivity index (χ3v) is 5.36. The number of sulfone groups is 1. The first-order valence-electron chi connectivity index (χ1n) is 7.81. The molecule has 0 spiro atoms. The molecule has 0 saturated heterocycles. The van der Waals surface area contributed by atoms with Crippen LogP contribution in [0.1, 0.15) is 18.1 Å². The Labute approximate surface area is 152 Å². The van der Waals surface area contributed by atoms with Crippen LogP contribution in [0.5, 0.6) is 0 Å². The van der Waals surface area contributed by atoms with Crippen LogP contribution in [0.3, 0.4) is 0 Å². The molecule has 1 N–H and O–H groups in total. The van der Waals surface area contributed by atoms with Gasteiger partial charge in [-0.05, 0) is 42.3 Å². The van der Waals surface area contributed by atoms with E-state index >= 15 is 0 Å². The van der Waals surface area contributed by atoms with Crippen LogP contribution in [0.4, 0.5) is 0 Å². The molecule has 0 radical (unpaired) electrons. The van der Waals surface area contributed by atoms with Gasteiger partial charge in [0.05, 0.1) is 11.5 Å². The highest BCUT2D eigenvalue weighted by molar-refractivity contribution is 7.92. The molecule has 0 unspecified atom stereocenters. The van der Waals surface area contributed by atoms with Gasteiger partial charge in [0.25, 0.3) is 0 Å². The highest BCUT2D eigenvalue weighted by atomic mass is 35.5. The average Bonchev–Trinajstić information content (AvgIpc) is 2.59. The monoisotopic (exact) mass is 381 g/mol. The Morgan fingerprint density at radius 1 is 1.04 bits per heavy atom. The van der Waals surface area contributed by atoms with Crippen LogP contribution >= 0.6 is 11.6 Å². The Kier molecular flexibility index (Phi) is 6.99. The first-order valence-corrected chi connectivity index (χ1v) is 9.84. The number of hydrogen-bond acceptors (Lipinski definition) is 4. The molecule has 0 aliphatic rings. The zero-order valence-corrected chi connectivity index (χ0v) is 15.4. The number of halogens is 1. The molecular formula is C18H20ClNO4S. The molecule has 25 heavy (non-hydrogen) atoms. The lowest BCUT2D eigenvalue weighted by Crippen LogP contribution is -2.29. The fourth-order valence-corrected chi connectivity index (χ4v) is 3.41. The van der Waals surface area contributed by atoms with Crippen LogP contribution in [-0.4, -0.2) is 26.7 Å². The molecule has 0 fully saturated rings. The van der Waals surface area contributed by atoms with Gasteiger partial charge in [0.15, 0.2) is 9.84 Å². The molecule has 0 aliphatic heterocycles. The summed E-state index contributed by atoms with van der Waals surface area (Å²) in [7, 11) is -3.68. The number of hydrogen-bond donors (Lipinski definition) is 1. The maximum absolute atomic E-state index is 12.2. The minimum absolute atomic E-state index is 0.0762. The van der Waals surface area contributed by atoms with Crippen molar-refractivity contribution in [1.82, 2.24) is 5.32 Å². The molecule has 134 valence electrons. The minimum Gasteiger partial charge on any atom is -0.377 e. The van der Waals surface area contributed by atoms with E-state index in [0.29, 0.717) is 18.2 Å². The van der Waals surface area contributed by atoms with Crippen LogP contribution in [0.15, 0.2) is 53.4 Å². The van der Waals surface area contributed by atoms with Crippen LogP contribution in [0, 0.1) is 0 Å². The van der Waals surface area contributed by atoms with E-state index in [2.05, 4.69) is 5.32 Å². The quantitative estimate of drug-likeness (QED) is 0.763. The number of amides is 1. The summed E-state index contributed by atoms with van der Waals surface area (Å²) in [4.78, 5) is 12.0. The molecule has 0 aliphatic carbocycles. The van der Waals surface area contributed by atoms with Crippen LogP contribution in [0.25, 0.3) is 0 Å². The number of carbonyl (C=O) groups is 1. The predicted octanol–water partition coefficient (Wildman–Crippen LogP) is 2.97. The fourth-order valence-electron chi connectivity index (χ4n) is 2.12. The summed E-state index contributed by atoms with van der Waals surface area (Å²) >= 11 is 5.74. The molecule has 0 atom stereocenters. The summed E-state index contributed by atoms with van der Waals surface area (Å²) in [5, 5.41) is 3.06. The lowest BCUT2D eigenvalue weighted by atomic mass is 10.1. The van der Waals surface area contributed by atoms with Gasteiger partial charge in [-0.1, -0.05) is 35.9 Å². The maximum atomic E-state index is 12.2. The van der Waals surface area contributed by atoms with E-state index in [9.17, 15) is 13.2 Å². The molecule has 2 rings (SSSR count). The Hall–Kier alpha value is -1.89. The summed E-state index contributed by atoms with van der Waals surface area (Å²) in [5.74, 6) is -1.15. The number of ether oxygens (including phenoxy) is 1. The van der Waals surface area contributed by atoms with E-state index in [1.807, 2.05) is 31.2 Å². The van der Waals surface area contributed by atoms with E-state index in [1.54, 1.807) is 0 Å². The zero-order valence-electron chi connectivity index (χ0n) is 13.9. The van der Waals surface area contributed by atoms with E-state index in [0.717, 1.165) is 11.1 Å². The minimum atomic E-state index is -3.68. The van der Waals surface area contributed by atoms with Gasteiger partial charge in [-0.3, -0.25) is 4.79 Å². The zero-order chi connectivity index (χ0) is 18.3. The number of nitrogens with one attached hydrogen (secondary N) is 1. The van der Waals surface area contributed by atoms with Gasteiger partial charge in [-0.25, -0.2) is 8.42 Å². The van der Waals surface area contributed by atoms with Crippen molar-refractivity contribution >= 4 is 27.3 Å². The summed E-state index contributed by atoms with van der Waals surface area (Å²) in [6.07, 6.45) is 0. The molecule has 2 aromatic carbocycles. The fraction of sp³-hybridized carbons (Fsp3) is 0.278. The van der Waals surface area contributed by atoms with Gasteiger partial charge >= 0.3 is 0 Å². The number of carbonyl (C=O) groups excluding carboxylic acids is 1. The summed E-state index contributed by atoms with van der Waals surface area (Å²) in [6.45, 7) is 3.40. The Morgan fingerprint density at radius 3 is 2.24 bits per heavy atom. The molecule has 1 amide bonds. The van der Waals surface area contributed by atoms with Crippen molar-refractivity contribution < 1.29 is 17.9 Å². The highest BCUT2D eigenvalue weighted by Gasteiger charge is 2.19. The molecular weight excluding hydrogens is 362 g/mol. The predicted molar refractivity (Wildman–Crippen MR) is 97.1 cm³/mol. The SMILES string of the molecule is CCOCc1ccc(CNC(=O)CS(=O)(=O)c2ccc(Cl)cc2)cc1. The Bertz CT molecular complexity index is 802. The molecule has 0 saturated carbocycles. The van der Waals surface area contributed by atoms with E-state index in [-0.39, 0.29) is 11.4 Å². The smallest absolute Gasteiger partial charge is 0.235 e. The summed E-state index contributed by atoms with van der Waals surface area (Å²) < 4.78 is 29.7. The van der Waals surface area contributed by atoms with E-state index < -0.39 is 21.5 Å². The normalized spacial score (nSPS) is 11.3. The standard InChI is InChI=1S/C18H20ClNO4S/c1-2-24-12-15-5-3-14(4-6-15)11-20-18(21)13-25(22,23)17-9-7-16(19)8-10-17/h3-10H,2,11-13H2,1H3,(H,20,21). The lowest BCUT2D eigenvalue weighted by molar-refractivity contribution is -0.118. The first kappa shape index (κ1) is 19.4.